The van der Waals surface area contributed by atoms with Crippen LogP contribution in [0.15, 0.2) is 24.3 Å². The molecule has 5 heteroatoms. The van der Waals surface area contributed by atoms with Gasteiger partial charge in [0.1, 0.15) is 5.82 Å². The number of carbonyl (C=O) groups is 1. The molecule has 1 fully saturated rings. The van der Waals surface area contributed by atoms with Crippen LogP contribution in [0.4, 0.5) is 4.39 Å². The zero-order valence-corrected chi connectivity index (χ0v) is 11.2. The van der Waals surface area contributed by atoms with E-state index in [4.69, 9.17) is 0 Å². The molecule has 0 spiro atoms. The topological polar surface area (TPSA) is 32.3 Å². The minimum absolute atomic E-state index is 0. The molecular weight excluding hydrogens is 255 g/mol. The second-order valence-corrected chi connectivity index (χ2v) is 4.33. The number of halogens is 2. The molecule has 2 rings (SSSR count). The standard InChI is InChI=1S/C13H17FN2O.ClH/c1-15-9-10-5-4-8-16(10)13(17)11-6-2-3-7-12(11)14;/h2-3,6-7,10,15H,4-5,8-9H2,1H3;1H. The predicted octanol–water partition coefficient (Wildman–Crippen LogP) is 2.07. The Morgan fingerprint density at radius 3 is 2.89 bits per heavy atom. The van der Waals surface area contributed by atoms with Gasteiger partial charge in [0.2, 0.25) is 0 Å². The Morgan fingerprint density at radius 2 is 2.22 bits per heavy atom. The third-order valence-corrected chi connectivity index (χ3v) is 3.18. The molecule has 1 aliphatic rings. The van der Waals surface area contributed by atoms with Gasteiger partial charge in [-0.3, -0.25) is 4.79 Å². The molecule has 0 aromatic heterocycles. The minimum Gasteiger partial charge on any atom is -0.334 e. The van der Waals surface area contributed by atoms with E-state index in [1.54, 1.807) is 23.1 Å². The van der Waals surface area contributed by atoms with E-state index >= 15 is 0 Å². The number of amides is 1. The lowest BCUT2D eigenvalue weighted by molar-refractivity contribution is 0.0732. The molecule has 1 atom stereocenters. The van der Waals surface area contributed by atoms with E-state index in [0.717, 1.165) is 25.9 Å². The number of likely N-dealkylation sites (tertiary alicyclic amines) is 1. The number of hydrogen-bond donors (Lipinski definition) is 1. The van der Waals surface area contributed by atoms with Gasteiger partial charge in [0, 0.05) is 19.1 Å². The first-order chi connectivity index (χ1) is 8.24. The fourth-order valence-electron chi connectivity index (χ4n) is 2.34. The van der Waals surface area contributed by atoms with Gasteiger partial charge >= 0.3 is 0 Å². The zero-order chi connectivity index (χ0) is 12.3. The molecule has 1 heterocycles. The number of nitrogens with zero attached hydrogens (tertiary/aromatic N) is 1. The summed E-state index contributed by atoms with van der Waals surface area (Å²) in [6.45, 7) is 1.49. The molecule has 0 saturated carbocycles. The molecule has 0 radical (unpaired) electrons. The number of likely N-dealkylation sites (N-methyl/N-ethyl adjacent to an activating group) is 1. The van der Waals surface area contributed by atoms with Crippen molar-refractivity contribution in [2.75, 3.05) is 20.1 Å². The quantitative estimate of drug-likeness (QED) is 0.914. The van der Waals surface area contributed by atoms with Crippen LogP contribution in [-0.4, -0.2) is 37.0 Å². The van der Waals surface area contributed by atoms with Gasteiger partial charge < -0.3 is 10.2 Å². The molecule has 3 nitrogen and oxygen atoms in total. The van der Waals surface area contributed by atoms with E-state index < -0.39 is 5.82 Å². The van der Waals surface area contributed by atoms with Crippen molar-refractivity contribution in [3.8, 4) is 0 Å². The highest BCUT2D eigenvalue weighted by Crippen LogP contribution is 2.20. The van der Waals surface area contributed by atoms with Crippen molar-refractivity contribution in [2.24, 2.45) is 0 Å². The van der Waals surface area contributed by atoms with E-state index in [-0.39, 0.29) is 29.9 Å². The second-order valence-electron chi connectivity index (χ2n) is 4.33. The van der Waals surface area contributed by atoms with Crippen LogP contribution >= 0.6 is 12.4 Å². The Hall–Kier alpha value is -1.13. The Bertz CT molecular complexity index is 414. The summed E-state index contributed by atoms with van der Waals surface area (Å²) in [5.74, 6) is -0.631. The van der Waals surface area contributed by atoms with Crippen LogP contribution in [-0.2, 0) is 0 Å². The summed E-state index contributed by atoms with van der Waals surface area (Å²) in [5, 5.41) is 3.07. The van der Waals surface area contributed by atoms with Crippen molar-refractivity contribution in [3.63, 3.8) is 0 Å². The Balaban J connectivity index is 0.00000162. The van der Waals surface area contributed by atoms with Crippen LogP contribution in [0.5, 0.6) is 0 Å². The molecule has 1 aromatic carbocycles. The SMILES string of the molecule is CNCC1CCCN1C(=O)c1ccccc1F.Cl. The Kier molecular flexibility index (Phi) is 5.56. The molecule has 1 N–H and O–H groups in total. The van der Waals surface area contributed by atoms with Gasteiger partial charge in [-0.15, -0.1) is 12.4 Å². The molecule has 1 aromatic rings. The average Bonchev–Trinajstić information content (AvgIpc) is 2.78. The molecule has 1 aliphatic heterocycles. The van der Waals surface area contributed by atoms with Crippen LogP contribution in [0.1, 0.15) is 23.2 Å². The average molecular weight is 273 g/mol. The van der Waals surface area contributed by atoms with Crippen LogP contribution in [0.2, 0.25) is 0 Å². The van der Waals surface area contributed by atoms with Crippen LogP contribution < -0.4 is 5.32 Å². The summed E-state index contributed by atoms with van der Waals surface area (Å²) in [7, 11) is 1.87. The van der Waals surface area contributed by atoms with Crippen molar-refractivity contribution in [1.29, 1.82) is 0 Å². The summed E-state index contributed by atoms with van der Waals surface area (Å²) in [5.41, 5.74) is 0.176. The summed E-state index contributed by atoms with van der Waals surface area (Å²) in [4.78, 5) is 14.0. The lowest BCUT2D eigenvalue weighted by Crippen LogP contribution is -2.41. The summed E-state index contributed by atoms with van der Waals surface area (Å²) in [6, 6.07) is 6.36. The summed E-state index contributed by atoms with van der Waals surface area (Å²) < 4.78 is 13.5. The first-order valence-electron chi connectivity index (χ1n) is 5.94. The van der Waals surface area contributed by atoms with Crippen molar-refractivity contribution in [2.45, 2.75) is 18.9 Å². The van der Waals surface area contributed by atoms with E-state index in [1.165, 1.54) is 6.07 Å². The van der Waals surface area contributed by atoms with Crippen molar-refractivity contribution in [3.05, 3.63) is 35.6 Å². The first-order valence-corrected chi connectivity index (χ1v) is 5.94. The highest BCUT2D eigenvalue weighted by atomic mass is 35.5. The van der Waals surface area contributed by atoms with Gasteiger partial charge in [-0.2, -0.15) is 0 Å². The lowest BCUT2D eigenvalue weighted by Gasteiger charge is -2.24. The fourth-order valence-corrected chi connectivity index (χ4v) is 2.34. The van der Waals surface area contributed by atoms with Crippen molar-refractivity contribution >= 4 is 18.3 Å². The van der Waals surface area contributed by atoms with Crippen LogP contribution in [0, 0.1) is 5.82 Å². The molecule has 1 saturated heterocycles. The van der Waals surface area contributed by atoms with Gasteiger partial charge in [-0.25, -0.2) is 4.39 Å². The fraction of sp³-hybridized carbons (Fsp3) is 0.462. The lowest BCUT2D eigenvalue weighted by atomic mass is 10.1. The van der Waals surface area contributed by atoms with Crippen LogP contribution in [0.25, 0.3) is 0 Å². The number of benzene rings is 1. The molecule has 0 bridgehead atoms. The molecule has 0 aliphatic carbocycles. The number of nitrogens with one attached hydrogen (secondary N) is 1. The highest BCUT2D eigenvalue weighted by molar-refractivity contribution is 5.94. The number of carbonyl (C=O) groups excluding carboxylic acids is 1. The van der Waals surface area contributed by atoms with Gasteiger partial charge in [0.15, 0.2) is 0 Å². The van der Waals surface area contributed by atoms with Crippen molar-refractivity contribution < 1.29 is 9.18 Å². The Labute approximate surface area is 113 Å². The van der Waals surface area contributed by atoms with Gasteiger partial charge in [-0.05, 0) is 32.0 Å². The van der Waals surface area contributed by atoms with Crippen LogP contribution in [0.3, 0.4) is 0 Å². The molecule has 18 heavy (non-hydrogen) atoms. The van der Waals surface area contributed by atoms with E-state index in [1.807, 2.05) is 7.05 Å². The maximum Gasteiger partial charge on any atom is 0.257 e. The third kappa shape index (κ3) is 3.00. The molecule has 1 amide bonds. The van der Waals surface area contributed by atoms with E-state index in [0.29, 0.717) is 0 Å². The van der Waals surface area contributed by atoms with Gasteiger partial charge in [-0.1, -0.05) is 12.1 Å². The monoisotopic (exact) mass is 272 g/mol. The first kappa shape index (κ1) is 14.9. The largest absolute Gasteiger partial charge is 0.334 e. The predicted molar refractivity (Wildman–Crippen MR) is 71.6 cm³/mol. The number of rotatable bonds is 3. The minimum atomic E-state index is -0.437. The highest BCUT2D eigenvalue weighted by Gasteiger charge is 2.29. The van der Waals surface area contributed by atoms with E-state index in [2.05, 4.69) is 5.32 Å². The normalized spacial score (nSPS) is 18.6. The number of hydrogen-bond acceptors (Lipinski definition) is 2. The van der Waals surface area contributed by atoms with Crippen molar-refractivity contribution in [1.82, 2.24) is 10.2 Å². The zero-order valence-electron chi connectivity index (χ0n) is 10.4. The summed E-state index contributed by atoms with van der Waals surface area (Å²) in [6.07, 6.45) is 1.98. The Morgan fingerprint density at radius 1 is 1.50 bits per heavy atom. The van der Waals surface area contributed by atoms with Gasteiger partial charge in [0.25, 0.3) is 5.91 Å². The van der Waals surface area contributed by atoms with E-state index in [9.17, 15) is 9.18 Å². The van der Waals surface area contributed by atoms with Gasteiger partial charge in [0.05, 0.1) is 5.56 Å². The second kappa shape index (κ2) is 6.71. The summed E-state index contributed by atoms with van der Waals surface area (Å²) >= 11 is 0. The maximum atomic E-state index is 13.5. The maximum absolute atomic E-state index is 13.5. The third-order valence-electron chi connectivity index (χ3n) is 3.18. The molecule has 100 valence electrons. The molecular formula is C13H18ClFN2O. The smallest absolute Gasteiger partial charge is 0.257 e. The molecule has 1 unspecified atom stereocenters.